The standard InChI is InChI=1S/C21H16ClN5O2S/c1-13-4-3-5-18-14(2)10-19(25-20(13)18)27-21(15(11-23)12-24-27)26-30(28,29)17-8-6-16(22)7-9-17/h3-10,12,26H,1-2H3. The van der Waals surface area contributed by atoms with Crippen molar-refractivity contribution in [1.29, 1.82) is 5.26 Å². The molecule has 0 saturated heterocycles. The van der Waals surface area contributed by atoms with Crippen LogP contribution in [0, 0.1) is 25.2 Å². The quantitative estimate of drug-likeness (QED) is 0.511. The number of nitriles is 1. The van der Waals surface area contributed by atoms with Crippen LogP contribution in [0.5, 0.6) is 0 Å². The van der Waals surface area contributed by atoms with Crippen LogP contribution in [-0.2, 0) is 10.0 Å². The van der Waals surface area contributed by atoms with Crippen molar-refractivity contribution in [2.24, 2.45) is 0 Å². The van der Waals surface area contributed by atoms with Gasteiger partial charge < -0.3 is 0 Å². The molecule has 0 saturated carbocycles. The van der Waals surface area contributed by atoms with E-state index in [1.54, 1.807) is 6.07 Å². The molecule has 4 rings (SSSR count). The Morgan fingerprint density at radius 3 is 2.53 bits per heavy atom. The minimum atomic E-state index is -3.97. The second kappa shape index (κ2) is 7.44. The molecule has 0 bridgehead atoms. The van der Waals surface area contributed by atoms with Gasteiger partial charge in [-0.25, -0.2) is 13.4 Å². The largest absolute Gasteiger partial charge is 0.263 e. The summed E-state index contributed by atoms with van der Waals surface area (Å²) in [6.07, 6.45) is 1.30. The third kappa shape index (κ3) is 3.49. The van der Waals surface area contributed by atoms with E-state index in [-0.39, 0.29) is 16.3 Å². The van der Waals surface area contributed by atoms with E-state index in [4.69, 9.17) is 11.6 Å². The molecule has 7 nitrogen and oxygen atoms in total. The van der Waals surface area contributed by atoms with Gasteiger partial charge in [-0.05, 0) is 55.3 Å². The molecule has 0 radical (unpaired) electrons. The molecule has 0 atom stereocenters. The minimum absolute atomic E-state index is 0.0158. The molecular weight excluding hydrogens is 422 g/mol. The maximum absolute atomic E-state index is 12.9. The van der Waals surface area contributed by atoms with Crippen molar-refractivity contribution in [2.75, 3.05) is 4.72 Å². The highest BCUT2D eigenvalue weighted by molar-refractivity contribution is 7.92. The van der Waals surface area contributed by atoms with E-state index in [1.165, 1.54) is 35.1 Å². The average Bonchev–Trinajstić information content (AvgIpc) is 3.11. The van der Waals surface area contributed by atoms with Crippen molar-refractivity contribution in [3.8, 4) is 11.9 Å². The number of sulfonamides is 1. The summed E-state index contributed by atoms with van der Waals surface area (Å²) >= 11 is 5.85. The molecule has 0 aliphatic rings. The van der Waals surface area contributed by atoms with Crippen molar-refractivity contribution < 1.29 is 8.42 Å². The van der Waals surface area contributed by atoms with Crippen molar-refractivity contribution >= 4 is 38.3 Å². The number of aryl methyl sites for hydroxylation is 2. The van der Waals surface area contributed by atoms with E-state index in [1.807, 2.05) is 38.1 Å². The number of nitrogens with zero attached hydrogens (tertiary/aromatic N) is 4. The Morgan fingerprint density at radius 2 is 1.83 bits per heavy atom. The Labute approximate surface area is 178 Å². The van der Waals surface area contributed by atoms with E-state index >= 15 is 0 Å². The van der Waals surface area contributed by atoms with Crippen LogP contribution in [0.1, 0.15) is 16.7 Å². The fraction of sp³-hybridized carbons (Fsp3) is 0.0952. The predicted molar refractivity (Wildman–Crippen MR) is 115 cm³/mol. The lowest BCUT2D eigenvalue weighted by Crippen LogP contribution is -2.17. The summed E-state index contributed by atoms with van der Waals surface area (Å²) in [4.78, 5) is 4.68. The first kappa shape index (κ1) is 19.9. The number of rotatable bonds is 4. The van der Waals surface area contributed by atoms with Gasteiger partial charge in [0.25, 0.3) is 10.0 Å². The molecule has 0 unspecified atom stereocenters. The maximum atomic E-state index is 12.9. The zero-order valence-corrected chi connectivity index (χ0v) is 17.7. The van der Waals surface area contributed by atoms with Gasteiger partial charge in [0.05, 0.1) is 16.6 Å². The Kier molecular flexibility index (Phi) is 4.94. The highest BCUT2D eigenvalue weighted by Crippen LogP contribution is 2.27. The smallest absolute Gasteiger partial charge is 0.262 e. The van der Waals surface area contributed by atoms with Gasteiger partial charge in [-0.15, -0.1) is 0 Å². The van der Waals surface area contributed by atoms with Crippen LogP contribution in [0.4, 0.5) is 5.82 Å². The van der Waals surface area contributed by atoms with Gasteiger partial charge in [0.15, 0.2) is 11.6 Å². The zero-order chi connectivity index (χ0) is 21.5. The van der Waals surface area contributed by atoms with Crippen LogP contribution < -0.4 is 4.72 Å². The molecule has 30 heavy (non-hydrogen) atoms. The molecule has 0 amide bonds. The molecule has 0 aliphatic heterocycles. The Bertz CT molecular complexity index is 1420. The number of hydrogen-bond donors (Lipinski definition) is 1. The number of halogens is 1. The van der Waals surface area contributed by atoms with Gasteiger partial charge in [-0.1, -0.05) is 29.8 Å². The van der Waals surface area contributed by atoms with Crippen molar-refractivity contribution in [1.82, 2.24) is 14.8 Å². The Balaban J connectivity index is 1.86. The van der Waals surface area contributed by atoms with E-state index in [9.17, 15) is 13.7 Å². The number of aromatic nitrogens is 3. The van der Waals surface area contributed by atoms with Crippen LogP contribution >= 0.6 is 11.6 Å². The van der Waals surface area contributed by atoms with Crippen molar-refractivity contribution in [3.05, 3.63) is 76.4 Å². The van der Waals surface area contributed by atoms with Crippen molar-refractivity contribution in [2.45, 2.75) is 18.7 Å². The monoisotopic (exact) mass is 437 g/mol. The number of benzene rings is 2. The maximum Gasteiger partial charge on any atom is 0.263 e. The number of hydrogen-bond acceptors (Lipinski definition) is 5. The third-order valence-corrected chi connectivity index (χ3v) is 6.30. The highest BCUT2D eigenvalue weighted by atomic mass is 35.5. The summed E-state index contributed by atoms with van der Waals surface area (Å²) in [6, 6.07) is 15.4. The molecule has 4 aromatic rings. The summed E-state index contributed by atoms with van der Waals surface area (Å²) in [6.45, 7) is 3.89. The first-order chi connectivity index (χ1) is 14.3. The van der Waals surface area contributed by atoms with E-state index in [0.29, 0.717) is 10.8 Å². The molecule has 0 spiro atoms. The molecule has 0 fully saturated rings. The Hall–Kier alpha value is -3.41. The zero-order valence-electron chi connectivity index (χ0n) is 16.1. The topological polar surface area (TPSA) is 101 Å². The number of para-hydroxylation sites is 1. The predicted octanol–water partition coefficient (Wildman–Crippen LogP) is 4.36. The summed E-state index contributed by atoms with van der Waals surface area (Å²) in [7, 11) is -3.97. The van der Waals surface area contributed by atoms with Gasteiger partial charge in [0.2, 0.25) is 0 Å². The van der Waals surface area contributed by atoms with E-state index in [0.717, 1.165) is 22.0 Å². The van der Waals surface area contributed by atoms with Crippen LogP contribution in [0.25, 0.3) is 16.7 Å². The second-order valence-electron chi connectivity index (χ2n) is 6.76. The fourth-order valence-corrected chi connectivity index (χ4v) is 4.34. The normalized spacial score (nSPS) is 11.4. The molecule has 0 aliphatic carbocycles. The van der Waals surface area contributed by atoms with Crippen molar-refractivity contribution in [3.63, 3.8) is 0 Å². The lowest BCUT2D eigenvalue weighted by Gasteiger charge is -2.13. The van der Waals surface area contributed by atoms with Gasteiger partial charge in [-0.2, -0.15) is 15.0 Å². The summed E-state index contributed by atoms with van der Waals surface area (Å²) in [5, 5.41) is 15.1. The first-order valence-electron chi connectivity index (χ1n) is 8.94. The average molecular weight is 438 g/mol. The van der Waals surface area contributed by atoms with Crippen LogP contribution in [0.15, 0.2) is 59.6 Å². The Morgan fingerprint density at radius 1 is 1.10 bits per heavy atom. The molecule has 9 heteroatoms. The van der Waals surface area contributed by atoms with Gasteiger partial charge >= 0.3 is 0 Å². The summed E-state index contributed by atoms with van der Waals surface area (Å²) < 4.78 is 29.5. The minimum Gasteiger partial charge on any atom is -0.262 e. The number of anilines is 1. The lowest BCUT2D eigenvalue weighted by molar-refractivity contribution is 0.600. The van der Waals surface area contributed by atoms with Crippen LogP contribution in [0.3, 0.4) is 0 Å². The molecule has 2 aromatic carbocycles. The molecule has 1 N–H and O–H groups in total. The summed E-state index contributed by atoms with van der Waals surface area (Å²) in [5.41, 5.74) is 2.80. The molecule has 2 heterocycles. The van der Waals surface area contributed by atoms with Crippen LogP contribution in [0.2, 0.25) is 5.02 Å². The second-order valence-corrected chi connectivity index (χ2v) is 8.88. The molecule has 150 valence electrons. The lowest BCUT2D eigenvalue weighted by atomic mass is 10.1. The molecule has 2 aromatic heterocycles. The SMILES string of the molecule is Cc1cc(-n2ncc(C#N)c2NS(=O)(=O)c2ccc(Cl)cc2)nc2c(C)cccc12. The van der Waals surface area contributed by atoms with Gasteiger partial charge in [-0.3, -0.25) is 4.72 Å². The fourth-order valence-electron chi connectivity index (χ4n) is 3.15. The van der Waals surface area contributed by atoms with E-state index < -0.39 is 10.0 Å². The third-order valence-electron chi connectivity index (χ3n) is 4.70. The number of pyridine rings is 1. The van der Waals surface area contributed by atoms with Gasteiger partial charge in [0.1, 0.15) is 11.6 Å². The first-order valence-corrected chi connectivity index (χ1v) is 10.8. The molecular formula is C21H16ClN5O2S. The van der Waals surface area contributed by atoms with Crippen LogP contribution in [-0.4, -0.2) is 23.2 Å². The van der Waals surface area contributed by atoms with Gasteiger partial charge in [0, 0.05) is 10.4 Å². The summed E-state index contributed by atoms with van der Waals surface area (Å²) in [5.74, 6) is 0.428. The van der Waals surface area contributed by atoms with E-state index in [2.05, 4.69) is 14.8 Å². The number of nitrogens with one attached hydrogen (secondary N) is 1. The number of fused-ring (bicyclic) bond motifs is 1. The highest BCUT2D eigenvalue weighted by Gasteiger charge is 2.22.